The first kappa shape index (κ1) is 14.4. The van der Waals surface area contributed by atoms with Gasteiger partial charge in [-0.3, -0.25) is 4.79 Å². The average Bonchev–Trinajstić information content (AvgIpc) is 2.36. The van der Waals surface area contributed by atoms with Crippen LogP contribution in [0.15, 0.2) is 18.2 Å². The molecule has 100 valence electrons. The van der Waals surface area contributed by atoms with Gasteiger partial charge in [0.15, 0.2) is 0 Å². The highest BCUT2D eigenvalue weighted by Crippen LogP contribution is 2.32. The summed E-state index contributed by atoms with van der Waals surface area (Å²) in [6.45, 7) is 2.03. The molecule has 0 saturated carbocycles. The number of aryl methyl sites for hydroxylation is 1. The van der Waals surface area contributed by atoms with Crippen molar-refractivity contribution in [3.63, 3.8) is 0 Å². The Labute approximate surface area is 105 Å². The SMILES string of the molecule is CCOC(=O)CCc1cccc(C(F)F)c1OC. The molecule has 0 saturated heterocycles. The van der Waals surface area contributed by atoms with E-state index in [0.717, 1.165) is 0 Å². The van der Waals surface area contributed by atoms with Crippen molar-refractivity contribution in [2.75, 3.05) is 13.7 Å². The quantitative estimate of drug-likeness (QED) is 0.735. The van der Waals surface area contributed by atoms with Gasteiger partial charge in [-0.15, -0.1) is 0 Å². The van der Waals surface area contributed by atoms with Crippen LogP contribution in [0.1, 0.15) is 30.9 Å². The Morgan fingerprint density at radius 1 is 1.39 bits per heavy atom. The maximum atomic E-state index is 12.7. The van der Waals surface area contributed by atoms with Crippen LogP contribution in [0.2, 0.25) is 0 Å². The molecular weight excluding hydrogens is 242 g/mol. The number of rotatable bonds is 6. The number of hydrogen-bond acceptors (Lipinski definition) is 3. The minimum Gasteiger partial charge on any atom is -0.496 e. The van der Waals surface area contributed by atoms with Crippen LogP contribution >= 0.6 is 0 Å². The molecule has 18 heavy (non-hydrogen) atoms. The van der Waals surface area contributed by atoms with Crippen molar-refractivity contribution in [2.45, 2.75) is 26.2 Å². The molecule has 0 bridgehead atoms. The van der Waals surface area contributed by atoms with Crippen LogP contribution in [0.3, 0.4) is 0 Å². The predicted octanol–water partition coefficient (Wildman–Crippen LogP) is 3.13. The third-order valence-electron chi connectivity index (χ3n) is 2.47. The van der Waals surface area contributed by atoms with Gasteiger partial charge in [0.1, 0.15) is 5.75 Å². The Bertz CT molecular complexity index is 405. The molecule has 0 aliphatic heterocycles. The molecular formula is C13H16F2O3. The number of carbonyl (C=O) groups is 1. The predicted molar refractivity (Wildman–Crippen MR) is 62.9 cm³/mol. The van der Waals surface area contributed by atoms with E-state index in [-0.39, 0.29) is 23.7 Å². The first-order chi connectivity index (χ1) is 8.60. The molecule has 0 aliphatic carbocycles. The Morgan fingerprint density at radius 2 is 2.11 bits per heavy atom. The lowest BCUT2D eigenvalue weighted by Gasteiger charge is -2.12. The van der Waals surface area contributed by atoms with Crippen molar-refractivity contribution < 1.29 is 23.0 Å². The van der Waals surface area contributed by atoms with Crippen LogP contribution in [0.4, 0.5) is 8.78 Å². The van der Waals surface area contributed by atoms with Gasteiger partial charge in [-0.2, -0.15) is 0 Å². The second kappa shape index (κ2) is 6.93. The molecule has 0 unspecified atom stereocenters. The average molecular weight is 258 g/mol. The highest BCUT2D eigenvalue weighted by atomic mass is 19.3. The molecule has 3 nitrogen and oxygen atoms in total. The normalized spacial score (nSPS) is 10.5. The van der Waals surface area contributed by atoms with Crippen LogP contribution in [0.25, 0.3) is 0 Å². The summed E-state index contributed by atoms with van der Waals surface area (Å²) in [7, 11) is 1.34. The van der Waals surface area contributed by atoms with Gasteiger partial charge in [0.05, 0.1) is 19.3 Å². The number of carbonyl (C=O) groups excluding carboxylic acids is 1. The molecule has 0 radical (unpaired) electrons. The maximum Gasteiger partial charge on any atom is 0.306 e. The van der Waals surface area contributed by atoms with Crippen LogP contribution < -0.4 is 4.74 Å². The van der Waals surface area contributed by atoms with Gasteiger partial charge in [0.2, 0.25) is 0 Å². The lowest BCUT2D eigenvalue weighted by atomic mass is 10.0. The highest BCUT2D eigenvalue weighted by Gasteiger charge is 2.17. The lowest BCUT2D eigenvalue weighted by molar-refractivity contribution is -0.143. The maximum absolute atomic E-state index is 12.7. The van der Waals surface area contributed by atoms with E-state index < -0.39 is 6.43 Å². The van der Waals surface area contributed by atoms with Gasteiger partial charge in [0, 0.05) is 6.42 Å². The Kier molecular flexibility index (Phi) is 5.55. The molecule has 0 spiro atoms. The third-order valence-corrected chi connectivity index (χ3v) is 2.47. The number of esters is 1. The van der Waals surface area contributed by atoms with Crippen molar-refractivity contribution >= 4 is 5.97 Å². The summed E-state index contributed by atoms with van der Waals surface area (Å²) >= 11 is 0. The van der Waals surface area contributed by atoms with Crippen molar-refractivity contribution in [3.05, 3.63) is 29.3 Å². The van der Waals surface area contributed by atoms with Crippen molar-refractivity contribution in [2.24, 2.45) is 0 Å². The molecule has 0 heterocycles. The zero-order valence-electron chi connectivity index (χ0n) is 10.4. The zero-order valence-corrected chi connectivity index (χ0v) is 10.4. The number of alkyl halides is 2. The van der Waals surface area contributed by atoms with E-state index in [0.29, 0.717) is 18.6 Å². The Balaban J connectivity index is 2.82. The van der Waals surface area contributed by atoms with Gasteiger partial charge < -0.3 is 9.47 Å². The molecule has 5 heteroatoms. The second-order valence-electron chi connectivity index (χ2n) is 3.65. The molecule has 0 aliphatic rings. The van der Waals surface area contributed by atoms with Crippen LogP contribution in [-0.2, 0) is 16.0 Å². The molecule has 1 aromatic carbocycles. The van der Waals surface area contributed by atoms with E-state index in [2.05, 4.69) is 0 Å². The molecule has 0 N–H and O–H groups in total. The smallest absolute Gasteiger partial charge is 0.306 e. The van der Waals surface area contributed by atoms with Gasteiger partial charge in [0.25, 0.3) is 6.43 Å². The summed E-state index contributed by atoms with van der Waals surface area (Å²) in [5.41, 5.74) is 0.433. The first-order valence-corrected chi connectivity index (χ1v) is 5.69. The van der Waals surface area contributed by atoms with E-state index in [9.17, 15) is 13.6 Å². The summed E-state index contributed by atoms with van der Waals surface area (Å²) in [5.74, 6) is -0.196. The molecule has 0 amide bonds. The number of hydrogen-bond donors (Lipinski definition) is 0. The molecule has 0 fully saturated rings. The molecule has 1 rings (SSSR count). The van der Waals surface area contributed by atoms with Gasteiger partial charge in [-0.25, -0.2) is 8.78 Å². The minimum atomic E-state index is -2.59. The van der Waals surface area contributed by atoms with E-state index in [1.807, 2.05) is 0 Å². The summed E-state index contributed by atoms with van der Waals surface area (Å²) in [4.78, 5) is 11.2. The number of halogens is 2. The number of para-hydroxylation sites is 1. The molecule has 0 atom stereocenters. The van der Waals surface area contributed by atoms with E-state index in [1.54, 1.807) is 13.0 Å². The van der Waals surface area contributed by atoms with Crippen molar-refractivity contribution in [1.82, 2.24) is 0 Å². The summed E-state index contributed by atoms with van der Waals surface area (Å²) in [5, 5.41) is 0. The van der Waals surface area contributed by atoms with E-state index >= 15 is 0 Å². The van der Waals surface area contributed by atoms with Crippen LogP contribution in [0.5, 0.6) is 5.75 Å². The lowest BCUT2D eigenvalue weighted by Crippen LogP contribution is -2.06. The number of methoxy groups -OCH3 is 1. The molecule has 0 aromatic heterocycles. The Morgan fingerprint density at radius 3 is 2.67 bits per heavy atom. The van der Waals surface area contributed by atoms with Crippen LogP contribution in [-0.4, -0.2) is 19.7 Å². The minimum absolute atomic E-state index is 0.150. The topological polar surface area (TPSA) is 35.5 Å². The monoisotopic (exact) mass is 258 g/mol. The van der Waals surface area contributed by atoms with Gasteiger partial charge in [-0.1, -0.05) is 12.1 Å². The van der Waals surface area contributed by atoms with Crippen molar-refractivity contribution in [1.29, 1.82) is 0 Å². The summed E-state index contributed by atoms with van der Waals surface area (Å²) in [6.07, 6.45) is -2.12. The van der Waals surface area contributed by atoms with Gasteiger partial charge in [-0.05, 0) is 25.0 Å². The zero-order chi connectivity index (χ0) is 13.5. The number of ether oxygens (including phenoxy) is 2. The Hall–Kier alpha value is -1.65. The first-order valence-electron chi connectivity index (χ1n) is 5.69. The second-order valence-corrected chi connectivity index (χ2v) is 3.65. The third kappa shape index (κ3) is 3.68. The highest BCUT2D eigenvalue weighted by molar-refractivity contribution is 5.69. The number of benzene rings is 1. The van der Waals surface area contributed by atoms with E-state index in [4.69, 9.17) is 9.47 Å². The van der Waals surface area contributed by atoms with Gasteiger partial charge >= 0.3 is 5.97 Å². The molecule has 1 aromatic rings. The fraction of sp³-hybridized carbons (Fsp3) is 0.462. The standard InChI is InChI=1S/C13H16F2O3/c1-3-18-11(16)8-7-9-5-4-6-10(13(14)15)12(9)17-2/h4-6,13H,3,7-8H2,1-2H3. The van der Waals surface area contributed by atoms with Crippen molar-refractivity contribution in [3.8, 4) is 5.75 Å². The van der Waals surface area contributed by atoms with Crippen LogP contribution in [0, 0.1) is 0 Å². The summed E-state index contributed by atoms with van der Waals surface area (Å²) < 4.78 is 35.3. The van der Waals surface area contributed by atoms with E-state index in [1.165, 1.54) is 19.2 Å². The fourth-order valence-corrected chi connectivity index (χ4v) is 1.69. The largest absolute Gasteiger partial charge is 0.496 e. The summed E-state index contributed by atoms with van der Waals surface area (Å²) in [6, 6.07) is 4.52. The fourth-order valence-electron chi connectivity index (χ4n) is 1.69.